The van der Waals surface area contributed by atoms with E-state index in [9.17, 15) is 4.79 Å². The lowest BCUT2D eigenvalue weighted by atomic mass is 9.98. The number of esters is 1. The zero-order valence-corrected chi connectivity index (χ0v) is 12.2. The largest absolute Gasteiger partial charge is 0.462 e. The summed E-state index contributed by atoms with van der Waals surface area (Å²) in [6.07, 6.45) is 1.81. The van der Waals surface area contributed by atoms with Gasteiger partial charge in [-0.25, -0.2) is 4.79 Å². The number of ether oxygens (including phenoxy) is 1. The van der Waals surface area contributed by atoms with Crippen LogP contribution < -0.4 is 0 Å². The number of rotatable bonds is 6. The molecule has 0 amide bonds. The van der Waals surface area contributed by atoms with E-state index in [4.69, 9.17) is 16.3 Å². The van der Waals surface area contributed by atoms with Gasteiger partial charge in [-0.15, -0.1) is 11.6 Å². The first-order valence-electron chi connectivity index (χ1n) is 5.64. The van der Waals surface area contributed by atoms with E-state index in [2.05, 4.69) is 15.9 Å². The molecule has 0 atom stereocenters. The quantitative estimate of drug-likeness (QED) is 0.586. The molecule has 0 aromatic heterocycles. The summed E-state index contributed by atoms with van der Waals surface area (Å²) in [5.41, 5.74) is 2.67. The number of benzene rings is 1. The van der Waals surface area contributed by atoms with Gasteiger partial charge < -0.3 is 4.74 Å². The maximum absolute atomic E-state index is 11.8. The van der Waals surface area contributed by atoms with Gasteiger partial charge in [-0.3, -0.25) is 0 Å². The van der Waals surface area contributed by atoms with E-state index >= 15 is 0 Å². The van der Waals surface area contributed by atoms with Gasteiger partial charge in [0.2, 0.25) is 0 Å². The highest BCUT2D eigenvalue weighted by Crippen LogP contribution is 2.20. The lowest BCUT2D eigenvalue weighted by Crippen LogP contribution is -2.10. The average molecular weight is 320 g/mol. The van der Waals surface area contributed by atoms with Crippen molar-refractivity contribution in [3.8, 4) is 0 Å². The van der Waals surface area contributed by atoms with Crippen molar-refractivity contribution in [3.63, 3.8) is 0 Å². The number of carbonyl (C=O) groups is 1. The van der Waals surface area contributed by atoms with Crippen LogP contribution in [0.4, 0.5) is 0 Å². The van der Waals surface area contributed by atoms with Crippen LogP contribution in [0.1, 0.15) is 34.8 Å². The smallest absolute Gasteiger partial charge is 0.338 e. The van der Waals surface area contributed by atoms with Gasteiger partial charge in [0.05, 0.1) is 12.2 Å². The van der Waals surface area contributed by atoms with Gasteiger partial charge in [0, 0.05) is 11.2 Å². The predicted octanol–water partition coefficient (Wildman–Crippen LogP) is 3.93. The van der Waals surface area contributed by atoms with Crippen LogP contribution in [0.15, 0.2) is 18.2 Å². The fourth-order valence-electron chi connectivity index (χ4n) is 1.70. The highest BCUT2D eigenvalue weighted by atomic mass is 79.9. The maximum Gasteiger partial charge on any atom is 0.338 e. The average Bonchev–Trinajstić information content (AvgIpc) is 2.36. The lowest BCUT2D eigenvalue weighted by molar-refractivity contribution is 0.0525. The van der Waals surface area contributed by atoms with Gasteiger partial charge >= 0.3 is 5.97 Å². The summed E-state index contributed by atoms with van der Waals surface area (Å²) in [7, 11) is 0. The summed E-state index contributed by atoms with van der Waals surface area (Å²) in [6.45, 7) is 2.20. The van der Waals surface area contributed by atoms with Crippen molar-refractivity contribution in [2.75, 3.05) is 11.9 Å². The first-order chi connectivity index (χ1) is 8.24. The van der Waals surface area contributed by atoms with Crippen LogP contribution in [0.2, 0.25) is 0 Å². The minimum atomic E-state index is -0.260. The Morgan fingerprint density at radius 3 is 2.82 bits per heavy atom. The summed E-state index contributed by atoms with van der Waals surface area (Å²) in [6, 6.07) is 5.61. The third kappa shape index (κ3) is 4.00. The van der Waals surface area contributed by atoms with Crippen LogP contribution in [0.25, 0.3) is 0 Å². The number of alkyl halides is 2. The Bertz CT molecular complexity index is 380. The zero-order chi connectivity index (χ0) is 12.7. The molecule has 0 spiro atoms. The SMILES string of the molecule is CCOC(=O)c1cccc(CCl)c1CCCBr. The molecule has 0 saturated heterocycles. The van der Waals surface area contributed by atoms with E-state index in [0.717, 1.165) is 29.3 Å². The number of hydrogen-bond donors (Lipinski definition) is 0. The molecule has 0 bridgehead atoms. The summed E-state index contributed by atoms with van der Waals surface area (Å²) < 4.78 is 5.05. The minimum Gasteiger partial charge on any atom is -0.462 e. The van der Waals surface area contributed by atoms with E-state index < -0.39 is 0 Å². The first kappa shape index (κ1) is 14.5. The van der Waals surface area contributed by atoms with Crippen molar-refractivity contribution in [1.29, 1.82) is 0 Å². The van der Waals surface area contributed by atoms with Crippen molar-refractivity contribution in [2.45, 2.75) is 25.6 Å². The molecule has 0 N–H and O–H groups in total. The summed E-state index contributed by atoms with van der Waals surface area (Å²) in [5, 5.41) is 0.909. The summed E-state index contributed by atoms with van der Waals surface area (Å²) in [4.78, 5) is 11.8. The predicted molar refractivity (Wildman–Crippen MR) is 74.1 cm³/mol. The Kier molecular flexibility index (Phi) is 6.60. The number of carbonyl (C=O) groups excluding carboxylic acids is 1. The monoisotopic (exact) mass is 318 g/mol. The Labute approximate surface area is 115 Å². The van der Waals surface area contributed by atoms with Crippen LogP contribution in [0, 0.1) is 0 Å². The van der Waals surface area contributed by atoms with Gasteiger partial charge in [0.15, 0.2) is 0 Å². The molecule has 0 radical (unpaired) electrons. The molecule has 0 saturated carbocycles. The second-order valence-corrected chi connectivity index (χ2v) is 4.65. The lowest BCUT2D eigenvalue weighted by Gasteiger charge is -2.12. The van der Waals surface area contributed by atoms with Crippen LogP contribution in [0.3, 0.4) is 0 Å². The molecular weight excluding hydrogens is 303 g/mol. The second kappa shape index (κ2) is 7.72. The van der Waals surface area contributed by atoms with Gasteiger partial charge in [0.1, 0.15) is 0 Å². The normalized spacial score (nSPS) is 10.3. The molecule has 0 aliphatic carbocycles. The number of halogens is 2. The fourth-order valence-corrected chi connectivity index (χ4v) is 2.23. The molecule has 1 rings (SSSR count). The molecule has 4 heteroatoms. The Morgan fingerprint density at radius 2 is 2.24 bits per heavy atom. The standard InChI is InChI=1S/C13H16BrClO2/c1-2-17-13(16)12-6-3-5-10(9-15)11(12)7-4-8-14/h3,5-6H,2,4,7-9H2,1H3. The Balaban J connectivity index is 3.05. The highest BCUT2D eigenvalue weighted by Gasteiger charge is 2.14. The van der Waals surface area contributed by atoms with E-state index in [1.54, 1.807) is 6.07 Å². The van der Waals surface area contributed by atoms with Crippen molar-refractivity contribution in [3.05, 3.63) is 34.9 Å². The summed E-state index contributed by atoms with van der Waals surface area (Å²) >= 11 is 9.30. The maximum atomic E-state index is 11.8. The molecule has 0 aliphatic rings. The van der Waals surface area contributed by atoms with Crippen LogP contribution in [-0.2, 0) is 17.0 Å². The van der Waals surface area contributed by atoms with Crippen LogP contribution in [-0.4, -0.2) is 17.9 Å². The molecule has 1 aromatic carbocycles. The van der Waals surface area contributed by atoms with E-state index in [-0.39, 0.29) is 5.97 Å². The van der Waals surface area contributed by atoms with E-state index in [1.165, 1.54) is 0 Å². The molecule has 17 heavy (non-hydrogen) atoms. The van der Waals surface area contributed by atoms with Crippen molar-refractivity contribution >= 4 is 33.5 Å². The van der Waals surface area contributed by atoms with E-state index in [0.29, 0.717) is 18.1 Å². The molecule has 0 heterocycles. The second-order valence-electron chi connectivity index (χ2n) is 3.59. The number of hydrogen-bond acceptors (Lipinski definition) is 2. The molecule has 1 aromatic rings. The molecule has 0 unspecified atom stereocenters. The van der Waals surface area contributed by atoms with E-state index in [1.807, 2.05) is 19.1 Å². The van der Waals surface area contributed by atoms with Crippen molar-refractivity contribution in [1.82, 2.24) is 0 Å². The molecule has 0 aliphatic heterocycles. The van der Waals surface area contributed by atoms with Gasteiger partial charge in [-0.1, -0.05) is 28.1 Å². The zero-order valence-electron chi connectivity index (χ0n) is 9.84. The molecule has 2 nitrogen and oxygen atoms in total. The van der Waals surface area contributed by atoms with Crippen molar-refractivity contribution < 1.29 is 9.53 Å². The van der Waals surface area contributed by atoms with Crippen molar-refractivity contribution in [2.24, 2.45) is 0 Å². The third-order valence-electron chi connectivity index (χ3n) is 2.47. The van der Waals surface area contributed by atoms with Crippen LogP contribution in [0.5, 0.6) is 0 Å². The molecular formula is C13H16BrClO2. The summed E-state index contributed by atoms with van der Waals surface area (Å²) in [5.74, 6) is 0.161. The Morgan fingerprint density at radius 1 is 1.47 bits per heavy atom. The topological polar surface area (TPSA) is 26.3 Å². The fraction of sp³-hybridized carbons (Fsp3) is 0.462. The highest BCUT2D eigenvalue weighted by molar-refractivity contribution is 9.09. The first-order valence-corrected chi connectivity index (χ1v) is 7.30. The molecule has 94 valence electrons. The third-order valence-corrected chi connectivity index (χ3v) is 3.32. The van der Waals surface area contributed by atoms with Gasteiger partial charge in [-0.05, 0) is 37.0 Å². The molecule has 0 fully saturated rings. The van der Waals surface area contributed by atoms with Crippen LogP contribution >= 0.6 is 27.5 Å². The van der Waals surface area contributed by atoms with Gasteiger partial charge in [0.25, 0.3) is 0 Å². The van der Waals surface area contributed by atoms with Gasteiger partial charge in [-0.2, -0.15) is 0 Å². The Hall–Kier alpha value is -0.540. The minimum absolute atomic E-state index is 0.260.